The second kappa shape index (κ2) is 6.68. The lowest BCUT2D eigenvalue weighted by Crippen LogP contribution is -2.35. The summed E-state index contributed by atoms with van der Waals surface area (Å²) in [5, 5.41) is 3.48. The van der Waals surface area contributed by atoms with Crippen LogP contribution in [0.1, 0.15) is 23.8 Å². The normalized spacial score (nSPS) is 12.0. The second-order valence-electron chi connectivity index (χ2n) is 4.93. The first-order valence-electron chi connectivity index (χ1n) is 6.71. The third-order valence-corrected chi connectivity index (χ3v) is 3.71. The highest BCUT2D eigenvalue weighted by Crippen LogP contribution is 2.26. The molecule has 0 saturated carbocycles. The fourth-order valence-electron chi connectivity index (χ4n) is 1.96. The molecular formula is C16H18ClNO3. The van der Waals surface area contributed by atoms with Crippen LogP contribution >= 0.6 is 11.6 Å². The van der Waals surface area contributed by atoms with Gasteiger partial charge in [-0.1, -0.05) is 11.6 Å². The molecule has 1 atom stereocenters. The summed E-state index contributed by atoms with van der Waals surface area (Å²) in [6.45, 7) is 5.86. The van der Waals surface area contributed by atoms with Crippen LogP contribution in [0.3, 0.4) is 0 Å². The summed E-state index contributed by atoms with van der Waals surface area (Å²) in [6.07, 6.45) is 0.973. The van der Waals surface area contributed by atoms with E-state index in [1.807, 2.05) is 26.0 Å². The molecule has 0 radical (unpaired) electrons. The molecule has 1 aromatic heterocycles. The van der Waals surface area contributed by atoms with Crippen LogP contribution in [0, 0.1) is 13.8 Å². The van der Waals surface area contributed by atoms with Crippen LogP contribution < -0.4 is 10.1 Å². The number of ether oxygens (including phenoxy) is 1. The summed E-state index contributed by atoms with van der Waals surface area (Å²) in [6, 6.07) is 7.23. The summed E-state index contributed by atoms with van der Waals surface area (Å²) in [5.74, 6) is 1.14. The Hall–Kier alpha value is -1.94. The Morgan fingerprint density at radius 3 is 2.62 bits per heavy atom. The van der Waals surface area contributed by atoms with Crippen LogP contribution in [0.15, 0.2) is 34.9 Å². The Kier molecular flexibility index (Phi) is 4.91. The first-order valence-corrected chi connectivity index (χ1v) is 7.08. The first kappa shape index (κ1) is 15.4. The van der Waals surface area contributed by atoms with Crippen LogP contribution in [0.5, 0.6) is 5.75 Å². The molecule has 2 rings (SSSR count). The molecule has 0 aliphatic carbocycles. The lowest BCUT2D eigenvalue weighted by molar-refractivity contribution is -0.127. The van der Waals surface area contributed by atoms with E-state index in [2.05, 4.69) is 5.32 Å². The van der Waals surface area contributed by atoms with Crippen molar-refractivity contribution in [3.63, 3.8) is 0 Å². The molecule has 0 bridgehead atoms. The van der Waals surface area contributed by atoms with Crippen molar-refractivity contribution in [3.8, 4) is 5.75 Å². The summed E-state index contributed by atoms with van der Waals surface area (Å²) in [7, 11) is 0. The zero-order valence-electron chi connectivity index (χ0n) is 12.3. The Morgan fingerprint density at radius 1 is 1.38 bits per heavy atom. The predicted molar refractivity (Wildman–Crippen MR) is 81.6 cm³/mol. The standard InChI is InChI=1S/C16H18ClNO3/c1-10-7-14(8-11(2)15(10)17)21-12(3)16(19)18-9-13-5-4-6-20-13/h4-8,12H,9H2,1-3H3,(H,18,19)/t12-/m0/s1. The van der Waals surface area contributed by atoms with Gasteiger partial charge in [0, 0.05) is 5.02 Å². The van der Waals surface area contributed by atoms with Crippen LogP contribution in [-0.2, 0) is 11.3 Å². The van der Waals surface area contributed by atoms with Gasteiger partial charge in [-0.2, -0.15) is 0 Å². The molecule has 0 saturated heterocycles. The van der Waals surface area contributed by atoms with Gasteiger partial charge in [-0.3, -0.25) is 4.79 Å². The van der Waals surface area contributed by atoms with E-state index in [-0.39, 0.29) is 5.91 Å². The van der Waals surface area contributed by atoms with E-state index in [1.54, 1.807) is 25.3 Å². The number of amides is 1. The van der Waals surface area contributed by atoms with Gasteiger partial charge in [0.2, 0.25) is 0 Å². The smallest absolute Gasteiger partial charge is 0.261 e. The predicted octanol–water partition coefficient (Wildman–Crippen LogP) is 3.63. The molecule has 1 N–H and O–H groups in total. The summed E-state index contributed by atoms with van der Waals surface area (Å²) in [4.78, 5) is 12.0. The fourth-order valence-corrected chi connectivity index (χ4v) is 2.07. The van der Waals surface area contributed by atoms with Crippen molar-refractivity contribution in [2.75, 3.05) is 0 Å². The maximum Gasteiger partial charge on any atom is 0.261 e. The summed E-state index contributed by atoms with van der Waals surface area (Å²) >= 11 is 6.11. The minimum absolute atomic E-state index is 0.198. The van der Waals surface area contributed by atoms with Crippen LogP contribution in [-0.4, -0.2) is 12.0 Å². The molecular weight excluding hydrogens is 290 g/mol. The maximum atomic E-state index is 12.0. The van der Waals surface area contributed by atoms with Crippen molar-refractivity contribution in [1.29, 1.82) is 0 Å². The average molecular weight is 308 g/mol. The van der Waals surface area contributed by atoms with Crippen LogP contribution in [0.4, 0.5) is 0 Å². The van der Waals surface area contributed by atoms with Gasteiger partial charge in [-0.05, 0) is 56.2 Å². The maximum absolute atomic E-state index is 12.0. The van der Waals surface area contributed by atoms with Gasteiger partial charge in [0.25, 0.3) is 5.91 Å². The molecule has 5 heteroatoms. The molecule has 0 fully saturated rings. The Balaban J connectivity index is 1.94. The molecule has 112 valence electrons. The Bertz CT molecular complexity index is 599. The SMILES string of the molecule is Cc1cc(O[C@@H](C)C(=O)NCc2ccco2)cc(C)c1Cl. The van der Waals surface area contributed by atoms with Crippen LogP contribution in [0.25, 0.3) is 0 Å². The van der Waals surface area contributed by atoms with Crippen molar-refractivity contribution in [1.82, 2.24) is 5.32 Å². The number of halogens is 1. The molecule has 1 aromatic carbocycles. The highest BCUT2D eigenvalue weighted by Gasteiger charge is 2.15. The van der Waals surface area contributed by atoms with E-state index in [0.29, 0.717) is 18.1 Å². The molecule has 1 amide bonds. The topological polar surface area (TPSA) is 51.5 Å². The highest BCUT2D eigenvalue weighted by atomic mass is 35.5. The number of benzene rings is 1. The van der Waals surface area contributed by atoms with E-state index in [9.17, 15) is 4.79 Å². The number of hydrogen-bond acceptors (Lipinski definition) is 3. The molecule has 4 nitrogen and oxygen atoms in total. The first-order chi connectivity index (χ1) is 9.97. The van der Waals surface area contributed by atoms with Crippen molar-refractivity contribution in [3.05, 3.63) is 52.4 Å². The molecule has 0 unspecified atom stereocenters. The quantitative estimate of drug-likeness (QED) is 0.917. The van der Waals surface area contributed by atoms with Crippen molar-refractivity contribution in [2.45, 2.75) is 33.4 Å². The van der Waals surface area contributed by atoms with Gasteiger partial charge in [0.15, 0.2) is 6.10 Å². The summed E-state index contributed by atoms with van der Waals surface area (Å²) in [5.41, 5.74) is 1.85. The molecule has 0 spiro atoms. The van der Waals surface area contributed by atoms with Crippen LogP contribution in [0.2, 0.25) is 5.02 Å². The Morgan fingerprint density at radius 2 is 2.05 bits per heavy atom. The number of carbonyl (C=O) groups excluding carboxylic acids is 1. The number of aryl methyl sites for hydroxylation is 2. The minimum atomic E-state index is -0.597. The van der Waals surface area contributed by atoms with E-state index in [4.69, 9.17) is 20.8 Å². The molecule has 0 aliphatic heterocycles. The molecule has 0 aliphatic rings. The summed E-state index contributed by atoms with van der Waals surface area (Å²) < 4.78 is 10.8. The van der Waals surface area contributed by atoms with E-state index < -0.39 is 6.10 Å². The van der Waals surface area contributed by atoms with Crippen molar-refractivity contribution < 1.29 is 13.9 Å². The van der Waals surface area contributed by atoms with Gasteiger partial charge in [0.05, 0.1) is 12.8 Å². The van der Waals surface area contributed by atoms with Crippen molar-refractivity contribution in [2.24, 2.45) is 0 Å². The van der Waals surface area contributed by atoms with E-state index >= 15 is 0 Å². The molecule has 1 heterocycles. The largest absolute Gasteiger partial charge is 0.481 e. The third kappa shape index (κ3) is 4.02. The van der Waals surface area contributed by atoms with Gasteiger partial charge in [0.1, 0.15) is 11.5 Å². The van der Waals surface area contributed by atoms with Gasteiger partial charge < -0.3 is 14.5 Å². The zero-order chi connectivity index (χ0) is 15.4. The van der Waals surface area contributed by atoms with E-state index in [1.165, 1.54) is 0 Å². The van der Waals surface area contributed by atoms with Crippen molar-refractivity contribution >= 4 is 17.5 Å². The third-order valence-electron chi connectivity index (χ3n) is 3.11. The lowest BCUT2D eigenvalue weighted by atomic mass is 10.1. The van der Waals surface area contributed by atoms with Gasteiger partial charge in [-0.15, -0.1) is 0 Å². The monoisotopic (exact) mass is 307 g/mol. The number of carbonyl (C=O) groups is 1. The fraction of sp³-hybridized carbons (Fsp3) is 0.312. The highest BCUT2D eigenvalue weighted by molar-refractivity contribution is 6.32. The van der Waals surface area contributed by atoms with Gasteiger partial charge in [-0.25, -0.2) is 0 Å². The van der Waals surface area contributed by atoms with E-state index in [0.717, 1.165) is 16.1 Å². The lowest BCUT2D eigenvalue weighted by Gasteiger charge is -2.16. The Labute approximate surface area is 129 Å². The van der Waals surface area contributed by atoms with Gasteiger partial charge >= 0.3 is 0 Å². The minimum Gasteiger partial charge on any atom is -0.481 e. The number of nitrogens with one attached hydrogen (secondary N) is 1. The second-order valence-corrected chi connectivity index (χ2v) is 5.31. The zero-order valence-corrected chi connectivity index (χ0v) is 13.0. The molecule has 21 heavy (non-hydrogen) atoms. The average Bonchev–Trinajstić information content (AvgIpc) is 2.95. The number of furan rings is 1. The number of hydrogen-bond donors (Lipinski definition) is 1. The number of rotatable bonds is 5. The molecule has 2 aromatic rings.